The molecule has 0 saturated carbocycles. The van der Waals surface area contributed by atoms with Gasteiger partial charge in [-0.2, -0.15) is 0 Å². The van der Waals surface area contributed by atoms with E-state index < -0.39 is 35.8 Å². The van der Waals surface area contributed by atoms with Gasteiger partial charge in [0.25, 0.3) is 0 Å². The van der Waals surface area contributed by atoms with E-state index in [1.807, 2.05) is 0 Å². The number of rotatable bonds is 11. The maximum absolute atomic E-state index is 12.3. The number of alkyl carbamates (subject to hydrolysis) is 1. The second-order valence-electron chi connectivity index (χ2n) is 7.04. The Hall–Kier alpha value is -2.24. The summed E-state index contributed by atoms with van der Waals surface area (Å²) in [5.41, 5.74) is -0.612. The normalized spacial score (nSPS) is 13.3. The lowest BCUT2D eigenvalue weighted by Gasteiger charge is -2.25. The van der Waals surface area contributed by atoms with Gasteiger partial charge in [-0.05, 0) is 34.6 Å². The highest BCUT2D eigenvalue weighted by atomic mass is 32.1. The third-order valence-electron chi connectivity index (χ3n) is 3.38. The lowest BCUT2D eigenvalue weighted by Crippen LogP contribution is -2.38. The number of nitrogens with zero attached hydrogens (tertiary/aromatic N) is 1. The van der Waals surface area contributed by atoms with Crippen molar-refractivity contribution in [2.75, 3.05) is 27.1 Å². The fourth-order valence-electron chi connectivity index (χ4n) is 2.25. The largest absolute Gasteiger partial charge is 0.464 e. The molecule has 0 aromatic carbocycles. The zero-order valence-electron chi connectivity index (χ0n) is 18.2. The summed E-state index contributed by atoms with van der Waals surface area (Å²) in [6.45, 7) is 8.78. The van der Waals surface area contributed by atoms with Crippen LogP contribution in [0, 0.1) is 0 Å². The maximum atomic E-state index is 12.3. The second-order valence-corrected chi connectivity index (χ2v) is 7.93. The molecule has 1 heterocycles. The van der Waals surface area contributed by atoms with Crippen molar-refractivity contribution in [3.05, 3.63) is 16.1 Å². The van der Waals surface area contributed by atoms with Crippen molar-refractivity contribution in [1.82, 2.24) is 10.3 Å². The summed E-state index contributed by atoms with van der Waals surface area (Å²) >= 11 is 1.14. The minimum absolute atomic E-state index is 0.00276. The van der Waals surface area contributed by atoms with Crippen LogP contribution in [0.4, 0.5) is 4.79 Å². The first-order valence-corrected chi connectivity index (χ1v) is 10.4. The number of hydrogen-bond donors (Lipinski definition) is 1. The van der Waals surface area contributed by atoms with Crippen molar-refractivity contribution < 1.29 is 38.1 Å². The number of carbonyl (C=O) groups is 3. The summed E-state index contributed by atoms with van der Waals surface area (Å²) in [6, 6.07) is -0.778. The summed E-state index contributed by atoms with van der Waals surface area (Å²) in [5, 5.41) is 4.59. The number of amides is 1. The average molecular weight is 447 g/mol. The number of esters is 2. The molecule has 0 aliphatic carbocycles. The van der Waals surface area contributed by atoms with Gasteiger partial charge in [0.05, 0.1) is 19.3 Å². The predicted octanol–water partition coefficient (Wildman–Crippen LogP) is 2.83. The van der Waals surface area contributed by atoms with Crippen molar-refractivity contribution in [3.8, 4) is 0 Å². The van der Waals surface area contributed by atoms with Crippen LogP contribution >= 0.6 is 11.3 Å². The molecule has 170 valence electrons. The Morgan fingerprint density at radius 3 is 2.40 bits per heavy atom. The summed E-state index contributed by atoms with van der Waals surface area (Å²) in [6.07, 6.45) is -1.73. The molecule has 1 rings (SSSR count). The molecule has 1 N–H and O–H groups in total. The summed E-state index contributed by atoms with van der Waals surface area (Å²) in [4.78, 5) is 40.8. The van der Waals surface area contributed by atoms with Gasteiger partial charge in [0, 0.05) is 18.9 Å². The van der Waals surface area contributed by atoms with Gasteiger partial charge in [-0.25, -0.2) is 19.4 Å². The maximum Gasteiger partial charge on any atom is 0.408 e. The van der Waals surface area contributed by atoms with Crippen LogP contribution in [0.3, 0.4) is 0 Å². The van der Waals surface area contributed by atoms with Crippen LogP contribution in [0.2, 0.25) is 0 Å². The van der Waals surface area contributed by atoms with E-state index in [0.717, 1.165) is 11.3 Å². The highest BCUT2D eigenvalue weighted by molar-refractivity contribution is 7.09. The molecule has 10 nitrogen and oxygen atoms in total. The molecule has 1 aromatic rings. The van der Waals surface area contributed by atoms with Crippen LogP contribution in [0.5, 0.6) is 0 Å². The van der Waals surface area contributed by atoms with Gasteiger partial charge in [0.15, 0.2) is 11.8 Å². The Bertz CT molecular complexity index is 701. The standard InChI is InChI=1S/C19H30N2O8S/c1-7-26-16(22)13-10-30-15(20-13)12(21-18(24)29-19(3,4)5)9-14(28-11-25-6)17(23)27-8-2/h10,12,14H,7-9,11H2,1-6H3,(H,21,24)/t12-,14-/m0/s1. The lowest BCUT2D eigenvalue weighted by molar-refractivity contribution is -0.166. The van der Waals surface area contributed by atoms with E-state index in [1.54, 1.807) is 34.6 Å². The fraction of sp³-hybridized carbons (Fsp3) is 0.684. The fourth-order valence-corrected chi connectivity index (χ4v) is 3.10. The molecule has 0 saturated heterocycles. The first-order chi connectivity index (χ1) is 14.1. The number of hydrogen-bond acceptors (Lipinski definition) is 10. The molecule has 0 radical (unpaired) electrons. The Morgan fingerprint density at radius 2 is 1.83 bits per heavy atom. The number of methoxy groups -OCH3 is 1. The molecule has 0 bridgehead atoms. The van der Waals surface area contributed by atoms with E-state index in [4.69, 9.17) is 23.7 Å². The van der Waals surface area contributed by atoms with E-state index in [2.05, 4.69) is 10.3 Å². The Labute approximate surface area is 180 Å². The van der Waals surface area contributed by atoms with Crippen molar-refractivity contribution in [1.29, 1.82) is 0 Å². The highest BCUT2D eigenvalue weighted by Crippen LogP contribution is 2.25. The summed E-state index contributed by atoms with van der Waals surface area (Å²) < 4.78 is 25.6. The predicted molar refractivity (Wildman–Crippen MR) is 108 cm³/mol. The Kier molecular flexibility index (Phi) is 10.7. The van der Waals surface area contributed by atoms with E-state index >= 15 is 0 Å². The number of thiazole rings is 1. The molecule has 0 aliphatic heterocycles. The third-order valence-corrected chi connectivity index (χ3v) is 4.34. The number of aromatic nitrogens is 1. The zero-order valence-corrected chi connectivity index (χ0v) is 19.0. The van der Waals surface area contributed by atoms with Crippen LogP contribution in [0.1, 0.15) is 62.6 Å². The minimum atomic E-state index is -1.03. The first-order valence-electron chi connectivity index (χ1n) is 9.50. The molecular formula is C19H30N2O8S. The highest BCUT2D eigenvalue weighted by Gasteiger charge is 2.31. The van der Waals surface area contributed by atoms with Crippen LogP contribution in [0.25, 0.3) is 0 Å². The molecule has 0 unspecified atom stereocenters. The van der Waals surface area contributed by atoms with Crippen LogP contribution in [0.15, 0.2) is 5.38 Å². The van der Waals surface area contributed by atoms with Gasteiger partial charge in [-0.3, -0.25) is 0 Å². The summed E-state index contributed by atoms with van der Waals surface area (Å²) in [5.74, 6) is -1.18. The van der Waals surface area contributed by atoms with Crippen LogP contribution in [-0.4, -0.2) is 61.8 Å². The van der Waals surface area contributed by atoms with E-state index in [9.17, 15) is 14.4 Å². The van der Waals surface area contributed by atoms with Gasteiger partial charge in [0.2, 0.25) is 0 Å². The lowest BCUT2D eigenvalue weighted by atomic mass is 10.1. The molecule has 1 amide bonds. The third kappa shape index (κ3) is 9.06. The molecule has 2 atom stereocenters. The van der Waals surface area contributed by atoms with Crippen molar-refractivity contribution >= 4 is 29.4 Å². The van der Waals surface area contributed by atoms with E-state index in [0.29, 0.717) is 5.01 Å². The second kappa shape index (κ2) is 12.5. The van der Waals surface area contributed by atoms with E-state index in [-0.39, 0.29) is 32.1 Å². The van der Waals surface area contributed by atoms with Gasteiger partial charge < -0.3 is 29.0 Å². The SMILES string of the molecule is CCOC(=O)c1csc([C@H](C[C@H](OCOC)C(=O)OCC)NC(=O)OC(C)(C)C)n1. The number of carbonyl (C=O) groups excluding carboxylic acids is 3. The van der Waals surface area contributed by atoms with Crippen LogP contribution < -0.4 is 5.32 Å². The molecular weight excluding hydrogens is 416 g/mol. The Balaban J connectivity index is 3.10. The smallest absolute Gasteiger partial charge is 0.408 e. The van der Waals surface area contributed by atoms with Crippen molar-refractivity contribution in [2.45, 2.75) is 58.8 Å². The monoisotopic (exact) mass is 446 g/mol. The molecule has 0 aliphatic rings. The van der Waals surface area contributed by atoms with Gasteiger partial charge in [-0.1, -0.05) is 0 Å². The number of nitrogens with one attached hydrogen (secondary N) is 1. The zero-order chi connectivity index (χ0) is 22.7. The van der Waals surface area contributed by atoms with Crippen molar-refractivity contribution in [3.63, 3.8) is 0 Å². The minimum Gasteiger partial charge on any atom is -0.464 e. The average Bonchev–Trinajstić information content (AvgIpc) is 3.13. The van der Waals surface area contributed by atoms with Crippen LogP contribution in [-0.2, 0) is 28.5 Å². The van der Waals surface area contributed by atoms with Crippen molar-refractivity contribution in [2.24, 2.45) is 0 Å². The van der Waals surface area contributed by atoms with Gasteiger partial charge in [0.1, 0.15) is 17.4 Å². The molecule has 0 spiro atoms. The molecule has 11 heteroatoms. The molecule has 0 fully saturated rings. The molecule has 30 heavy (non-hydrogen) atoms. The Morgan fingerprint density at radius 1 is 1.17 bits per heavy atom. The van der Waals surface area contributed by atoms with E-state index in [1.165, 1.54) is 12.5 Å². The number of ether oxygens (including phenoxy) is 5. The first kappa shape index (κ1) is 25.8. The summed E-state index contributed by atoms with van der Waals surface area (Å²) in [7, 11) is 1.42. The molecule has 1 aromatic heterocycles. The topological polar surface area (TPSA) is 122 Å². The van der Waals surface area contributed by atoms with Gasteiger partial charge in [-0.15, -0.1) is 11.3 Å². The quantitative estimate of drug-likeness (QED) is 0.310. The van der Waals surface area contributed by atoms with Gasteiger partial charge >= 0.3 is 18.0 Å².